The Labute approximate surface area is 123 Å². The van der Waals surface area contributed by atoms with Crippen LogP contribution in [0.5, 0.6) is 0 Å². The summed E-state index contributed by atoms with van der Waals surface area (Å²) in [5, 5.41) is 6.38. The topological polar surface area (TPSA) is 58.2 Å². The molecule has 2 amide bonds. The molecule has 108 valence electrons. The summed E-state index contributed by atoms with van der Waals surface area (Å²) in [6.07, 6.45) is 2.65. The van der Waals surface area contributed by atoms with Crippen LogP contribution in [0.1, 0.15) is 30.4 Å². The first kappa shape index (κ1) is 14.9. The van der Waals surface area contributed by atoms with E-state index in [-0.39, 0.29) is 24.3 Å². The van der Waals surface area contributed by atoms with Crippen molar-refractivity contribution in [2.24, 2.45) is 0 Å². The molecule has 1 heterocycles. The van der Waals surface area contributed by atoms with Crippen molar-refractivity contribution in [1.82, 2.24) is 10.6 Å². The fourth-order valence-corrected chi connectivity index (χ4v) is 2.54. The summed E-state index contributed by atoms with van der Waals surface area (Å²) in [6.45, 7) is 2.40. The van der Waals surface area contributed by atoms with E-state index in [1.165, 1.54) is 0 Å². The Bertz CT molecular complexity index is 517. The van der Waals surface area contributed by atoms with Gasteiger partial charge in [0.1, 0.15) is 0 Å². The molecule has 20 heavy (non-hydrogen) atoms. The summed E-state index contributed by atoms with van der Waals surface area (Å²) in [5.41, 5.74) is 1.80. The molecular weight excluding hydrogens is 276 g/mol. The third-order valence-corrected chi connectivity index (χ3v) is 4.03. The lowest BCUT2D eigenvalue weighted by Gasteiger charge is -2.23. The van der Waals surface area contributed by atoms with Gasteiger partial charge in [0.25, 0.3) is 0 Å². The van der Waals surface area contributed by atoms with Crippen LogP contribution in [-0.4, -0.2) is 24.4 Å². The van der Waals surface area contributed by atoms with E-state index in [1.807, 2.05) is 25.1 Å². The standard InChI is InChI=1S/C15H19ClN2O2/c1-10-4-2-5-11(15(10)16)8-14(20)17-9-12-6-3-7-13(19)18-12/h2,4-5,12H,3,6-9H2,1H3,(H,17,20)(H,18,19)/t12-/m1/s1. The smallest absolute Gasteiger partial charge is 0.224 e. The molecule has 0 saturated carbocycles. The van der Waals surface area contributed by atoms with Crippen LogP contribution < -0.4 is 10.6 Å². The molecule has 0 radical (unpaired) electrons. The fourth-order valence-electron chi connectivity index (χ4n) is 2.35. The number of nitrogens with one attached hydrogen (secondary N) is 2. The van der Waals surface area contributed by atoms with E-state index in [0.29, 0.717) is 18.0 Å². The number of carbonyl (C=O) groups is 2. The van der Waals surface area contributed by atoms with Crippen molar-refractivity contribution in [3.05, 3.63) is 34.3 Å². The van der Waals surface area contributed by atoms with Gasteiger partial charge in [-0.25, -0.2) is 0 Å². The molecule has 0 aromatic heterocycles. The second kappa shape index (κ2) is 6.75. The molecule has 0 spiro atoms. The molecule has 1 atom stereocenters. The number of amides is 2. The number of hydrogen-bond acceptors (Lipinski definition) is 2. The van der Waals surface area contributed by atoms with Gasteiger partial charge in [0, 0.05) is 24.0 Å². The van der Waals surface area contributed by atoms with Gasteiger partial charge < -0.3 is 10.6 Å². The molecule has 1 saturated heterocycles. The highest BCUT2D eigenvalue weighted by Crippen LogP contribution is 2.20. The van der Waals surface area contributed by atoms with E-state index in [9.17, 15) is 9.59 Å². The summed E-state index contributed by atoms with van der Waals surface area (Å²) in [4.78, 5) is 23.2. The lowest BCUT2D eigenvalue weighted by molar-refractivity contribution is -0.124. The van der Waals surface area contributed by atoms with Gasteiger partial charge in [0.05, 0.1) is 6.42 Å². The van der Waals surface area contributed by atoms with Crippen molar-refractivity contribution in [3.63, 3.8) is 0 Å². The number of piperidine rings is 1. The SMILES string of the molecule is Cc1cccc(CC(=O)NC[C@H]2CCCC(=O)N2)c1Cl. The largest absolute Gasteiger partial charge is 0.354 e. The van der Waals surface area contributed by atoms with Crippen LogP contribution in [-0.2, 0) is 16.0 Å². The lowest BCUT2D eigenvalue weighted by atomic mass is 10.0. The molecule has 1 fully saturated rings. The maximum Gasteiger partial charge on any atom is 0.224 e. The second-order valence-corrected chi connectivity index (χ2v) is 5.56. The van der Waals surface area contributed by atoms with E-state index >= 15 is 0 Å². The number of hydrogen-bond donors (Lipinski definition) is 2. The van der Waals surface area contributed by atoms with Crippen LogP contribution >= 0.6 is 11.6 Å². The van der Waals surface area contributed by atoms with E-state index in [0.717, 1.165) is 24.0 Å². The first-order valence-electron chi connectivity index (χ1n) is 6.86. The molecule has 4 nitrogen and oxygen atoms in total. The maximum atomic E-state index is 11.9. The Morgan fingerprint density at radius 1 is 1.50 bits per heavy atom. The summed E-state index contributed by atoms with van der Waals surface area (Å²) in [5.74, 6) is -0.00505. The number of carbonyl (C=O) groups excluding carboxylic acids is 2. The van der Waals surface area contributed by atoms with Gasteiger partial charge in [-0.05, 0) is 30.9 Å². The van der Waals surface area contributed by atoms with Crippen molar-refractivity contribution in [2.75, 3.05) is 6.54 Å². The van der Waals surface area contributed by atoms with Gasteiger partial charge in [0.2, 0.25) is 11.8 Å². The Morgan fingerprint density at radius 3 is 3.05 bits per heavy atom. The van der Waals surface area contributed by atoms with Gasteiger partial charge in [-0.3, -0.25) is 9.59 Å². The van der Waals surface area contributed by atoms with Gasteiger partial charge >= 0.3 is 0 Å². The molecule has 2 N–H and O–H groups in total. The van der Waals surface area contributed by atoms with E-state index in [4.69, 9.17) is 11.6 Å². The Balaban J connectivity index is 1.83. The minimum atomic E-state index is -0.0719. The van der Waals surface area contributed by atoms with Crippen LogP contribution in [0, 0.1) is 6.92 Å². The molecule has 2 rings (SSSR count). The third kappa shape index (κ3) is 3.97. The van der Waals surface area contributed by atoms with Gasteiger partial charge in [-0.15, -0.1) is 0 Å². The van der Waals surface area contributed by atoms with Crippen molar-refractivity contribution < 1.29 is 9.59 Å². The molecule has 1 aliphatic rings. The summed E-state index contributed by atoms with van der Waals surface area (Å²) in [6, 6.07) is 5.72. The first-order valence-corrected chi connectivity index (χ1v) is 7.24. The first-order chi connectivity index (χ1) is 9.56. The van der Waals surface area contributed by atoms with E-state index in [1.54, 1.807) is 0 Å². The predicted molar refractivity (Wildman–Crippen MR) is 78.7 cm³/mol. The highest BCUT2D eigenvalue weighted by atomic mass is 35.5. The summed E-state index contributed by atoms with van der Waals surface area (Å²) < 4.78 is 0. The minimum absolute atomic E-state index is 0.0492. The van der Waals surface area contributed by atoms with Crippen molar-refractivity contribution in [2.45, 2.75) is 38.6 Å². The van der Waals surface area contributed by atoms with Gasteiger partial charge in [-0.1, -0.05) is 29.8 Å². The van der Waals surface area contributed by atoms with E-state index < -0.39 is 0 Å². The lowest BCUT2D eigenvalue weighted by Crippen LogP contribution is -2.46. The number of aryl methyl sites for hydroxylation is 1. The molecule has 0 unspecified atom stereocenters. The fraction of sp³-hybridized carbons (Fsp3) is 0.467. The van der Waals surface area contributed by atoms with Crippen molar-refractivity contribution in [3.8, 4) is 0 Å². The highest BCUT2D eigenvalue weighted by Gasteiger charge is 2.18. The van der Waals surface area contributed by atoms with Crippen LogP contribution in [0.15, 0.2) is 18.2 Å². The molecule has 1 aromatic rings. The molecule has 1 aliphatic heterocycles. The summed E-state index contributed by atoms with van der Waals surface area (Å²) >= 11 is 6.17. The van der Waals surface area contributed by atoms with Crippen LogP contribution in [0.25, 0.3) is 0 Å². The molecule has 0 bridgehead atoms. The highest BCUT2D eigenvalue weighted by molar-refractivity contribution is 6.32. The molecule has 5 heteroatoms. The summed E-state index contributed by atoms with van der Waals surface area (Å²) in [7, 11) is 0. The Morgan fingerprint density at radius 2 is 2.30 bits per heavy atom. The maximum absolute atomic E-state index is 11.9. The van der Waals surface area contributed by atoms with Gasteiger partial charge in [-0.2, -0.15) is 0 Å². The predicted octanol–water partition coefficient (Wildman–Crippen LogP) is 1.98. The molecule has 0 aliphatic carbocycles. The quantitative estimate of drug-likeness (QED) is 0.892. The van der Waals surface area contributed by atoms with Gasteiger partial charge in [0.15, 0.2) is 0 Å². The zero-order valence-corrected chi connectivity index (χ0v) is 12.3. The van der Waals surface area contributed by atoms with Crippen LogP contribution in [0.3, 0.4) is 0 Å². The van der Waals surface area contributed by atoms with Crippen molar-refractivity contribution in [1.29, 1.82) is 0 Å². The molecule has 1 aromatic carbocycles. The Hall–Kier alpha value is -1.55. The van der Waals surface area contributed by atoms with E-state index in [2.05, 4.69) is 10.6 Å². The average molecular weight is 295 g/mol. The average Bonchev–Trinajstić information content (AvgIpc) is 2.42. The van der Waals surface area contributed by atoms with Crippen molar-refractivity contribution >= 4 is 23.4 Å². The zero-order chi connectivity index (χ0) is 14.5. The Kier molecular flexibility index (Phi) is 5.01. The second-order valence-electron chi connectivity index (χ2n) is 5.19. The van der Waals surface area contributed by atoms with Crippen LogP contribution in [0.4, 0.5) is 0 Å². The van der Waals surface area contributed by atoms with Crippen LogP contribution in [0.2, 0.25) is 5.02 Å². The number of benzene rings is 1. The number of halogens is 1. The number of rotatable bonds is 4. The monoisotopic (exact) mass is 294 g/mol. The minimum Gasteiger partial charge on any atom is -0.354 e. The molecular formula is C15H19ClN2O2. The third-order valence-electron chi connectivity index (χ3n) is 3.49. The normalized spacial score (nSPS) is 18.5. The zero-order valence-electron chi connectivity index (χ0n) is 11.5.